The van der Waals surface area contributed by atoms with E-state index in [4.69, 9.17) is 9.47 Å². The third kappa shape index (κ3) is 2.75. The molecule has 0 saturated carbocycles. The number of fused-ring (bicyclic) bond motifs is 4. The van der Waals surface area contributed by atoms with Crippen LogP contribution in [0.15, 0.2) is 42.5 Å². The summed E-state index contributed by atoms with van der Waals surface area (Å²) < 4.78 is 12.9. The van der Waals surface area contributed by atoms with Gasteiger partial charge in [0.25, 0.3) is 5.91 Å². The van der Waals surface area contributed by atoms with E-state index in [-0.39, 0.29) is 11.9 Å². The standard InChI is InChI=1S/C24H25N3O3/c1-27-19(13-16-20(29-2)11-12-21(30-3)23(16)27)24(28)26-18-10-6-8-15-14-7-4-5-9-17(14)25-22(15)18/h4-5,7,9,11-13,18,25H,6,8,10H2,1-3H3,(H,26,28)/t18-/m0/s1. The average molecular weight is 403 g/mol. The molecule has 0 aliphatic heterocycles. The predicted octanol–water partition coefficient (Wildman–Crippen LogP) is 4.48. The molecule has 0 radical (unpaired) electrons. The third-order valence-corrected chi connectivity index (χ3v) is 6.21. The van der Waals surface area contributed by atoms with Gasteiger partial charge in [0.05, 0.1) is 25.8 Å². The van der Waals surface area contributed by atoms with Gasteiger partial charge in [0, 0.05) is 29.0 Å². The van der Waals surface area contributed by atoms with E-state index in [1.807, 2.05) is 35.9 Å². The molecular formula is C24H25N3O3. The van der Waals surface area contributed by atoms with Crippen LogP contribution in [0, 0.1) is 0 Å². The number of H-pyrrole nitrogens is 1. The maximum Gasteiger partial charge on any atom is 0.268 e. The van der Waals surface area contributed by atoms with Gasteiger partial charge >= 0.3 is 0 Å². The third-order valence-electron chi connectivity index (χ3n) is 6.21. The Labute approximate surface area is 174 Å². The van der Waals surface area contributed by atoms with Crippen LogP contribution in [0.3, 0.4) is 0 Å². The second-order valence-electron chi connectivity index (χ2n) is 7.80. The number of amides is 1. The van der Waals surface area contributed by atoms with Crippen LogP contribution >= 0.6 is 0 Å². The van der Waals surface area contributed by atoms with Gasteiger partial charge in [0.2, 0.25) is 0 Å². The van der Waals surface area contributed by atoms with Gasteiger partial charge in [-0.2, -0.15) is 0 Å². The minimum atomic E-state index is -0.102. The Bertz CT molecular complexity index is 1270. The summed E-state index contributed by atoms with van der Waals surface area (Å²) >= 11 is 0. The number of rotatable bonds is 4. The molecule has 1 aliphatic rings. The summed E-state index contributed by atoms with van der Waals surface area (Å²) in [5.41, 5.74) is 5.00. The molecule has 154 valence electrons. The smallest absolute Gasteiger partial charge is 0.268 e. The van der Waals surface area contributed by atoms with E-state index in [0.29, 0.717) is 11.4 Å². The highest BCUT2D eigenvalue weighted by atomic mass is 16.5. The Balaban J connectivity index is 1.53. The van der Waals surface area contributed by atoms with Crippen LogP contribution in [0.5, 0.6) is 11.5 Å². The summed E-state index contributed by atoms with van der Waals surface area (Å²) in [6.07, 6.45) is 3.01. The molecule has 0 unspecified atom stereocenters. The molecule has 6 heteroatoms. The molecular weight excluding hydrogens is 378 g/mol. The Kier molecular flexibility index (Phi) is 4.42. The molecule has 0 fully saturated rings. The number of carbonyl (C=O) groups is 1. The average Bonchev–Trinajstić information content (AvgIpc) is 3.32. The van der Waals surface area contributed by atoms with E-state index in [1.165, 1.54) is 10.9 Å². The molecule has 0 spiro atoms. The summed E-state index contributed by atoms with van der Waals surface area (Å²) in [5.74, 6) is 1.33. The molecule has 2 heterocycles. The lowest BCUT2D eigenvalue weighted by molar-refractivity contribution is 0.0924. The van der Waals surface area contributed by atoms with Gasteiger partial charge in [-0.15, -0.1) is 0 Å². The number of aromatic nitrogens is 2. The second kappa shape index (κ2) is 7.13. The van der Waals surface area contributed by atoms with Crippen molar-refractivity contribution in [3.8, 4) is 11.5 Å². The predicted molar refractivity (Wildman–Crippen MR) is 117 cm³/mol. The quantitative estimate of drug-likeness (QED) is 0.528. The van der Waals surface area contributed by atoms with Crippen molar-refractivity contribution in [3.05, 3.63) is 59.4 Å². The Morgan fingerprint density at radius 3 is 2.67 bits per heavy atom. The first-order valence-corrected chi connectivity index (χ1v) is 10.2. The van der Waals surface area contributed by atoms with Gasteiger partial charge in [0.15, 0.2) is 0 Å². The summed E-state index contributed by atoms with van der Waals surface area (Å²) in [4.78, 5) is 16.8. The minimum absolute atomic E-state index is 0.0320. The van der Waals surface area contributed by atoms with Crippen molar-refractivity contribution < 1.29 is 14.3 Å². The van der Waals surface area contributed by atoms with Crippen LogP contribution in [-0.4, -0.2) is 29.7 Å². The van der Waals surface area contributed by atoms with Crippen LogP contribution < -0.4 is 14.8 Å². The van der Waals surface area contributed by atoms with Crippen LogP contribution in [0.25, 0.3) is 21.8 Å². The molecule has 1 aliphatic carbocycles. The van der Waals surface area contributed by atoms with Gasteiger partial charge in [-0.3, -0.25) is 4.79 Å². The number of carbonyl (C=O) groups excluding carboxylic acids is 1. The van der Waals surface area contributed by atoms with Gasteiger partial charge in [-0.25, -0.2) is 0 Å². The zero-order valence-electron chi connectivity index (χ0n) is 17.4. The fourth-order valence-electron chi connectivity index (χ4n) is 4.76. The van der Waals surface area contributed by atoms with Crippen LogP contribution in [0.2, 0.25) is 0 Å². The normalized spacial score (nSPS) is 15.9. The van der Waals surface area contributed by atoms with Crippen LogP contribution in [-0.2, 0) is 13.5 Å². The monoisotopic (exact) mass is 403 g/mol. The van der Waals surface area contributed by atoms with Gasteiger partial charge in [0.1, 0.15) is 17.2 Å². The molecule has 30 heavy (non-hydrogen) atoms. The maximum atomic E-state index is 13.3. The van der Waals surface area contributed by atoms with E-state index in [1.54, 1.807) is 14.2 Å². The molecule has 1 atom stereocenters. The van der Waals surface area contributed by atoms with Gasteiger partial charge in [-0.1, -0.05) is 18.2 Å². The number of hydrogen-bond acceptors (Lipinski definition) is 3. The summed E-state index contributed by atoms with van der Waals surface area (Å²) in [6, 6.07) is 13.9. The zero-order chi connectivity index (χ0) is 20.8. The largest absolute Gasteiger partial charge is 0.496 e. The Morgan fingerprint density at radius 1 is 1.10 bits per heavy atom. The van der Waals surface area contributed by atoms with Crippen molar-refractivity contribution in [2.45, 2.75) is 25.3 Å². The van der Waals surface area contributed by atoms with Crippen LogP contribution in [0.4, 0.5) is 0 Å². The maximum absolute atomic E-state index is 13.3. The number of hydrogen-bond donors (Lipinski definition) is 2. The lowest BCUT2D eigenvalue weighted by Gasteiger charge is -2.24. The molecule has 4 aromatic rings. The van der Waals surface area contributed by atoms with Gasteiger partial charge < -0.3 is 24.3 Å². The highest BCUT2D eigenvalue weighted by Gasteiger charge is 2.27. The second-order valence-corrected chi connectivity index (χ2v) is 7.80. The number of aromatic amines is 1. The Hall–Kier alpha value is -3.41. The lowest BCUT2D eigenvalue weighted by Crippen LogP contribution is -2.32. The first kappa shape index (κ1) is 18.6. The first-order chi connectivity index (χ1) is 14.6. The Morgan fingerprint density at radius 2 is 1.87 bits per heavy atom. The number of ether oxygens (including phenoxy) is 2. The first-order valence-electron chi connectivity index (χ1n) is 10.2. The summed E-state index contributed by atoms with van der Waals surface area (Å²) in [5, 5.41) is 5.37. The van der Waals surface area contributed by atoms with Crippen molar-refractivity contribution in [3.63, 3.8) is 0 Å². The van der Waals surface area contributed by atoms with Crippen molar-refractivity contribution in [2.75, 3.05) is 14.2 Å². The molecule has 2 N–H and O–H groups in total. The number of nitrogens with zero attached hydrogens (tertiary/aromatic N) is 1. The van der Waals surface area contributed by atoms with Crippen LogP contribution in [0.1, 0.15) is 40.6 Å². The van der Waals surface area contributed by atoms with Gasteiger partial charge in [-0.05, 0) is 49.1 Å². The number of aryl methyl sites for hydroxylation is 2. The van der Waals surface area contributed by atoms with Crippen molar-refractivity contribution in [2.24, 2.45) is 7.05 Å². The highest BCUT2D eigenvalue weighted by molar-refractivity contribution is 6.02. The molecule has 0 saturated heterocycles. The molecule has 2 aromatic heterocycles. The van der Waals surface area contributed by atoms with Crippen molar-refractivity contribution in [1.29, 1.82) is 0 Å². The summed E-state index contributed by atoms with van der Waals surface area (Å²) in [6.45, 7) is 0. The SMILES string of the molecule is COc1ccc(OC)c2c1cc(C(=O)N[C@H]1CCCc3c1[nH]c1ccccc31)n2C. The van der Waals surface area contributed by atoms with E-state index in [9.17, 15) is 4.79 Å². The van der Waals surface area contributed by atoms with Crippen molar-refractivity contribution >= 4 is 27.7 Å². The fraction of sp³-hybridized carbons (Fsp3) is 0.292. The highest BCUT2D eigenvalue weighted by Crippen LogP contribution is 2.37. The molecule has 0 bridgehead atoms. The topological polar surface area (TPSA) is 68.3 Å². The molecule has 1 amide bonds. The molecule has 6 nitrogen and oxygen atoms in total. The van der Waals surface area contributed by atoms with E-state index >= 15 is 0 Å². The number of methoxy groups -OCH3 is 2. The zero-order valence-corrected chi connectivity index (χ0v) is 17.4. The fourth-order valence-corrected chi connectivity index (χ4v) is 4.76. The van der Waals surface area contributed by atoms with E-state index < -0.39 is 0 Å². The minimum Gasteiger partial charge on any atom is -0.496 e. The van der Waals surface area contributed by atoms with E-state index in [2.05, 4.69) is 28.5 Å². The number of benzene rings is 2. The molecule has 2 aromatic carbocycles. The lowest BCUT2D eigenvalue weighted by atomic mass is 9.91. The van der Waals surface area contributed by atoms with E-state index in [0.717, 1.165) is 47.1 Å². The summed E-state index contributed by atoms with van der Waals surface area (Å²) in [7, 11) is 5.15. The van der Waals surface area contributed by atoms with Crippen molar-refractivity contribution in [1.82, 2.24) is 14.9 Å². The molecule has 5 rings (SSSR count). The number of para-hydroxylation sites is 1. The number of nitrogens with one attached hydrogen (secondary N) is 2.